The van der Waals surface area contributed by atoms with E-state index in [1.807, 2.05) is 35.3 Å². The van der Waals surface area contributed by atoms with Gasteiger partial charge in [-0.15, -0.1) is 35.3 Å². The SMILES string of the molecule is CCNC(=NCc1ccnn1C)NCC(c1cccs1)N1CCCC1.I. The Morgan fingerprint density at radius 3 is 2.73 bits per heavy atom. The molecule has 2 aromatic rings. The van der Waals surface area contributed by atoms with Crippen LogP contribution in [0.3, 0.4) is 0 Å². The molecular formula is C18H29IN6S. The van der Waals surface area contributed by atoms with Crippen LogP contribution in [-0.2, 0) is 13.6 Å². The third-order valence-corrected chi connectivity index (χ3v) is 5.56. The highest BCUT2D eigenvalue weighted by Crippen LogP contribution is 2.27. The van der Waals surface area contributed by atoms with Crippen LogP contribution < -0.4 is 10.6 Å². The van der Waals surface area contributed by atoms with Gasteiger partial charge in [-0.2, -0.15) is 5.10 Å². The van der Waals surface area contributed by atoms with E-state index in [0.717, 1.165) is 24.7 Å². The molecule has 1 atom stereocenters. The molecule has 0 amide bonds. The van der Waals surface area contributed by atoms with Crippen LogP contribution in [0.25, 0.3) is 0 Å². The number of hydrogen-bond acceptors (Lipinski definition) is 4. The highest BCUT2D eigenvalue weighted by Gasteiger charge is 2.24. The molecule has 1 unspecified atom stereocenters. The Bertz CT molecular complexity index is 663. The number of aromatic nitrogens is 2. The summed E-state index contributed by atoms with van der Waals surface area (Å²) in [6, 6.07) is 6.81. The zero-order valence-corrected chi connectivity index (χ0v) is 18.7. The van der Waals surface area contributed by atoms with E-state index in [0.29, 0.717) is 12.6 Å². The highest BCUT2D eigenvalue weighted by molar-refractivity contribution is 14.0. The Kier molecular flexibility index (Phi) is 8.86. The molecule has 1 saturated heterocycles. The maximum Gasteiger partial charge on any atom is 0.191 e. The summed E-state index contributed by atoms with van der Waals surface area (Å²) in [4.78, 5) is 8.73. The van der Waals surface area contributed by atoms with E-state index < -0.39 is 0 Å². The number of likely N-dealkylation sites (tertiary alicyclic amines) is 1. The largest absolute Gasteiger partial charge is 0.357 e. The Balaban J connectivity index is 0.00000243. The molecular weight excluding hydrogens is 459 g/mol. The first-order valence-corrected chi connectivity index (χ1v) is 9.92. The molecule has 2 aromatic heterocycles. The van der Waals surface area contributed by atoms with Crippen LogP contribution >= 0.6 is 35.3 Å². The van der Waals surface area contributed by atoms with Gasteiger partial charge < -0.3 is 10.6 Å². The lowest BCUT2D eigenvalue weighted by Crippen LogP contribution is -2.42. The lowest BCUT2D eigenvalue weighted by molar-refractivity contribution is 0.249. The smallest absolute Gasteiger partial charge is 0.191 e. The fourth-order valence-electron chi connectivity index (χ4n) is 3.20. The first-order chi connectivity index (χ1) is 12.3. The van der Waals surface area contributed by atoms with Gasteiger partial charge in [0.1, 0.15) is 0 Å². The first-order valence-electron chi connectivity index (χ1n) is 9.04. The summed E-state index contributed by atoms with van der Waals surface area (Å²) < 4.78 is 1.87. The fourth-order valence-corrected chi connectivity index (χ4v) is 4.06. The van der Waals surface area contributed by atoms with Crippen LogP contribution in [0, 0.1) is 0 Å². The molecule has 2 N–H and O–H groups in total. The molecule has 6 nitrogen and oxygen atoms in total. The molecule has 3 heterocycles. The van der Waals surface area contributed by atoms with Gasteiger partial charge in [-0.1, -0.05) is 6.07 Å². The maximum atomic E-state index is 4.72. The van der Waals surface area contributed by atoms with E-state index in [1.165, 1.54) is 30.8 Å². The van der Waals surface area contributed by atoms with Crippen LogP contribution in [0.2, 0.25) is 0 Å². The fraction of sp³-hybridized carbons (Fsp3) is 0.556. The van der Waals surface area contributed by atoms with Gasteiger partial charge in [0.2, 0.25) is 0 Å². The van der Waals surface area contributed by atoms with E-state index in [4.69, 9.17) is 4.99 Å². The van der Waals surface area contributed by atoms with Crippen molar-refractivity contribution in [2.75, 3.05) is 26.2 Å². The van der Waals surface area contributed by atoms with Gasteiger partial charge >= 0.3 is 0 Å². The molecule has 0 aromatic carbocycles. The summed E-state index contributed by atoms with van der Waals surface area (Å²) in [6.45, 7) is 6.82. The number of halogens is 1. The third kappa shape index (κ3) is 5.68. The molecule has 3 rings (SSSR count). The minimum atomic E-state index is 0. The second-order valence-electron chi connectivity index (χ2n) is 6.30. The van der Waals surface area contributed by atoms with Gasteiger partial charge in [-0.25, -0.2) is 4.99 Å². The minimum Gasteiger partial charge on any atom is -0.357 e. The topological polar surface area (TPSA) is 57.5 Å². The molecule has 1 aliphatic heterocycles. The van der Waals surface area contributed by atoms with E-state index >= 15 is 0 Å². The molecule has 0 radical (unpaired) electrons. The second kappa shape index (κ2) is 10.9. The predicted octanol–water partition coefficient (Wildman–Crippen LogP) is 2.99. The van der Waals surface area contributed by atoms with E-state index in [-0.39, 0.29) is 24.0 Å². The van der Waals surface area contributed by atoms with Gasteiger partial charge in [0, 0.05) is 31.2 Å². The zero-order chi connectivity index (χ0) is 17.5. The summed E-state index contributed by atoms with van der Waals surface area (Å²) in [7, 11) is 1.95. The third-order valence-electron chi connectivity index (χ3n) is 4.58. The maximum absolute atomic E-state index is 4.72. The van der Waals surface area contributed by atoms with Gasteiger partial charge in [0.15, 0.2) is 5.96 Å². The Morgan fingerprint density at radius 1 is 1.31 bits per heavy atom. The standard InChI is InChI=1S/C18H28N6S.HI/c1-3-19-18(20-13-15-8-9-22-23(15)2)21-14-16(17-7-6-12-25-17)24-10-4-5-11-24;/h6-9,12,16H,3-5,10-11,13-14H2,1-2H3,(H2,19,20,21);1H. The summed E-state index contributed by atoms with van der Waals surface area (Å²) in [5.74, 6) is 0.865. The Labute approximate surface area is 177 Å². The van der Waals surface area contributed by atoms with Gasteiger partial charge in [0.05, 0.1) is 18.3 Å². The number of aryl methyl sites for hydroxylation is 1. The summed E-state index contributed by atoms with van der Waals surface area (Å²) in [6.07, 6.45) is 4.42. The Hall–Kier alpha value is -1.13. The van der Waals surface area contributed by atoms with Crippen molar-refractivity contribution in [3.63, 3.8) is 0 Å². The monoisotopic (exact) mass is 488 g/mol. The number of aliphatic imine (C=N–C) groups is 1. The van der Waals surface area contributed by atoms with Crippen LogP contribution in [0.1, 0.15) is 36.4 Å². The van der Waals surface area contributed by atoms with Crippen LogP contribution in [0.5, 0.6) is 0 Å². The van der Waals surface area contributed by atoms with E-state index in [9.17, 15) is 0 Å². The normalized spacial score (nSPS) is 16.3. The van der Waals surface area contributed by atoms with Crippen molar-refractivity contribution in [2.45, 2.75) is 32.4 Å². The van der Waals surface area contributed by atoms with Crippen molar-refractivity contribution < 1.29 is 0 Å². The number of rotatable bonds is 7. The minimum absolute atomic E-state index is 0. The van der Waals surface area contributed by atoms with E-state index in [1.54, 1.807) is 0 Å². The number of nitrogens with zero attached hydrogens (tertiary/aromatic N) is 4. The van der Waals surface area contributed by atoms with Crippen LogP contribution in [0.4, 0.5) is 0 Å². The van der Waals surface area contributed by atoms with Gasteiger partial charge in [0.25, 0.3) is 0 Å². The molecule has 0 saturated carbocycles. The quantitative estimate of drug-likeness (QED) is 0.358. The average molecular weight is 488 g/mol. The Morgan fingerprint density at radius 2 is 2.12 bits per heavy atom. The molecule has 1 aliphatic rings. The molecule has 0 aliphatic carbocycles. The van der Waals surface area contributed by atoms with Crippen molar-refractivity contribution in [3.8, 4) is 0 Å². The molecule has 0 bridgehead atoms. The van der Waals surface area contributed by atoms with Crippen molar-refractivity contribution in [1.82, 2.24) is 25.3 Å². The molecule has 0 spiro atoms. The van der Waals surface area contributed by atoms with Crippen molar-refractivity contribution in [2.24, 2.45) is 12.0 Å². The number of nitrogens with one attached hydrogen (secondary N) is 2. The first kappa shape index (κ1) is 21.2. The molecule has 144 valence electrons. The lowest BCUT2D eigenvalue weighted by Gasteiger charge is -2.27. The van der Waals surface area contributed by atoms with Gasteiger partial charge in [-0.3, -0.25) is 9.58 Å². The lowest BCUT2D eigenvalue weighted by atomic mass is 10.2. The highest BCUT2D eigenvalue weighted by atomic mass is 127. The van der Waals surface area contributed by atoms with Crippen LogP contribution in [-0.4, -0.2) is 46.8 Å². The number of thiophene rings is 1. The second-order valence-corrected chi connectivity index (χ2v) is 7.28. The van der Waals surface area contributed by atoms with Crippen molar-refractivity contribution in [3.05, 3.63) is 40.3 Å². The van der Waals surface area contributed by atoms with Gasteiger partial charge in [-0.05, 0) is 50.4 Å². The zero-order valence-electron chi connectivity index (χ0n) is 15.5. The molecule has 8 heteroatoms. The summed E-state index contributed by atoms with van der Waals surface area (Å²) in [5, 5.41) is 13.3. The summed E-state index contributed by atoms with van der Waals surface area (Å²) in [5.41, 5.74) is 1.10. The molecule has 1 fully saturated rings. The van der Waals surface area contributed by atoms with Crippen molar-refractivity contribution in [1.29, 1.82) is 0 Å². The number of hydrogen-bond donors (Lipinski definition) is 2. The van der Waals surface area contributed by atoms with Crippen molar-refractivity contribution >= 4 is 41.3 Å². The van der Waals surface area contributed by atoms with E-state index in [2.05, 4.69) is 45.1 Å². The predicted molar refractivity (Wildman–Crippen MR) is 119 cm³/mol. The average Bonchev–Trinajstić information content (AvgIpc) is 3.36. The number of guanidine groups is 1. The molecule has 26 heavy (non-hydrogen) atoms. The van der Waals surface area contributed by atoms with Crippen LogP contribution in [0.15, 0.2) is 34.8 Å². The summed E-state index contributed by atoms with van der Waals surface area (Å²) >= 11 is 1.84.